The van der Waals surface area contributed by atoms with Gasteiger partial charge < -0.3 is 0 Å². The Morgan fingerprint density at radius 3 is 2.88 bits per heavy atom. The van der Waals surface area contributed by atoms with Gasteiger partial charge in [-0.25, -0.2) is 10.1 Å². The highest BCUT2D eigenvalue weighted by Gasteiger charge is 2.03. The topological polar surface area (TPSA) is 28.1 Å². The van der Waals surface area contributed by atoms with E-state index in [2.05, 4.69) is 10.9 Å². The van der Waals surface area contributed by atoms with Crippen molar-refractivity contribution in [2.24, 2.45) is 0 Å². The standard InChI is InChI=1S/C12H6N2S2/c1-14-9(8-13)7-10-4-5-12(16-10)11-3-2-6-15-11/h2-7H/b9-7-. The van der Waals surface area contributed by atoms with Crippen LogP contribution in [0.25, 0.3) is 20.7 Å². The average Bonchev–Trinajstić information content (AvgIpc) is 2.96. The maximum atomic E-state index is 8.65. The first-order valence-corrected chi connectivity index (χ1v) is 6.16. The van der Waals surface area contributed by atoms with Gasteiger partial charge in [-0.3, -0.25) is 0 Å². The molecule has 16 heavy (non-hydrogen) atoms. The molecule has 0 bridgehead atoms. The minimum atomic E-state index is 0.125. The number of rotatable bonds is 2. The van der Waals surface area contributed by atoms with Crippen molar-refractivity contribution in [2.45, 2.75) is 0 Å². The summed E-state index contributed by atoms with van der Waals surface area (Å²) in [6, 6.07) is 9.88. The molecular formula is C12H6N2S2. The summed E-state index contributed by atoms with van der Waals surface area (Å²) in [5, 5.41) is 10.7. The fraction of sp³-hybridized carbons (Fsp3) is 0. The average molecular weight is 242 g/mol. The number of hydrogen-bond donors (Lipinski definition) is 0. The second kappa shape index (κ2) is 4.76. The molecule has 76 valence electrons. The van der Waals surface area contributed by atoms with Gasteiger partial charge in [-0.05, 0) is 29.7 Å². The van der Waals surface area contributed by atoms with Crippen LogP contribution in [0.4, 0.5) is 0 Å². The van der Waals surface area contributed by atoms with Crippen molar-refractivity contribution in [2.75, 3.05) is 0 Å². The lowest BCUT2D eigenvalue weighted by molar-refractivity contribution is 1.51. The molecule has 2 nitrogen and oxygen atoms in total. The Bertz CT molecular complexity index is 576. The van der Waals surface area contributed by atoms with Crippen LogP contribution in [0.5, 0.6) is 0 Å². The van der Waals surface area contributed by atoms with Gasteiger partial charge in [-0.1, -0.05) is 6.07 Å². The molecule has 0 fully saturated rings. The van der Waals surface area contributed by atoms with Gasteiger partial charge in [0, 0.05) is 14.6 Å². The minimum absolute atomic E-state index is 0.125. The zero-order chi connectivity index (χ0) is 11.4. The maximum Gasteiger partial charge on any atom is 0.263 e. The molecule has 0 unspecified atom stereocenters. The monoisotopic (exact) mass is 242 g/mol. The quantitative estimate of drug-likeness (QED) is 0.571. The van der Waals surface area contributed by atoms with Crippen molar-refractivity contribution < 1.29 is 0 Å². The van der Waals surface area contributed by atoms with Crippen molar-refractivity contribution in [1.29, 1.82) is 5.26 Å². The Kier molecular flexibility index (Phi) is 3.16. The summed E-state index contributed by atoms with van der Waals surface area (Å²) in [5.74, 6) is 0. The zero-order valence-electron chi connectivity index (χ0n) is 8.18. The van der Waals surface area contributed by atoms with Gasteiger partial charge in [0.25, 0.3) is 5.70 Å². The van der Waals surface area contributed by atoms with E-state index in [1.165, 1.54) is 9.75 Å². The van der Waals surface area contributed by atoms with E-state index in [1.54, 1.807) is 28.7 Å². The van der Waals surface area contributed by atoms with Gasteiger partial charge in [-0.15, -0.1) is 22.7 Å². The Morgan fingerprint density at radius 1 is 1.38 bits per heavy atom. The molecule has 0 amide bonds. The summed E-state index contributed by atoms with van der Waals surface area (Å²) in [6.07, 6.45) is 1.62. The van der Waals surface area contributed by atoms with Crippen molar-refractivity contribution in [3.05, 3.63) is 51.6 Å². The Labute approximate surface area is 102 Å². The van der Waals surface area contributed by atoms with Crippen LogP contribution in [0, 0.1) is 17.9 Å². The van der Waals surface area contributed by atoms with Gasteiger partial charge >= 0.3 is 0 Å². The first-order valence-electron chi connectivity index (χ1n) is 4.46. The zero-order valence-corrected chi connectivity index (χ0v) is 9.81. The Balaban J connectivity index is 2.32. The number of allylic oxidation sites excluding steroid dienone is 1. The fourth-order valence-electron chi connectivity index (χ4n) is 1.21. The van der Waals surface area contributed by atoms with E-state index >= 15 is 0 Å². The molecule has 0 atom stereocenters. The molecule has 0 spiro atoms. The molecule has 2 rings (SSSR count). The van der Waals surface area contributed by atoms with Crippen LogP contribution in [-0.4, -0.2) is 0 Å². The lowest BCUT2D eigenvalue weighted by Crippen LogP contribution is -1.65. The highest BCUT2D eigenvalue weighted by molar-refractivity contribution is 7.21. The number of nitrogens with zero attached hydrogens (tertiary/aromatic N) is 2. The molecule has 0 aliphatic rings. The fourth-order valence-corrected chi connectivity index (χ4v) is 2.99. The minimum Gasteiger partial charge on any atom is -0.227 e. The van der Waals surface area contributed by atoms with E-state index < -0.39 is 0 Å². The predicted octanol–water partition coefficient (Wildman–Crippen LogP) is 4.26. The largest absolute Gasteiger partial charge is 0.263 e. The lowest BCUT2D eigenvalue weighted by atomic mass is 10.3. The Morgan fingerprint density at radius 2 is 2.25 bits per heavy atom. The molecule has 0 radical (unpaired) electrons. The summed E-state index contributed by atoms with van der Waals surface area (Å²) in [5.41, 5.74) is 0.125. The number of nitriles is 1. The van der Waals surface area contributed by atoms with Crippen molar-refractivity contribution in [1.82, 2.24) is 0 Å². The molecular weight excluding hydrogens is 236 g/mol. The van der Waals surface area contributed by atoms with E-state index in [-0.39, 0.29) is 5.70 Å². The van der Waals surface area contributed by atoms with Crippen molar-refractivity contribution in [3.63, 3.8) is 0 Å². The SMILES string of the molecule is [C-]#[N+]/C(C#N)=C\c1ccc(-c2cccs2)s1. The predicted molar refractivity (Wildman–Crippen MR) is 67.8 cm³/mol. The van der Waals surface area contributed by atoms with Gasteiger partial charge in [0.15, 0.2) is 0 Å². The second-order valence-electron chi connectivity index (χ2n) is 2.93. The van der Waals surface area contributed by atoms with Crippen LogP contribution in [0.15, 0.2) is 35.3 Å². The molecule has 0 aliphatic carbocycles. The third kappa shape index (κ3) is 2.20. The third-order valence-corrected chi connectivity index (χ3v) is 4.00. The molecule has 0 aliphatic heterocycles. The molecule has 2 heterocycles. The van der Waals surface area contributed by atoms with Crippen LogP contribution in [0.2, 0.25) is 0 Å². The Hall–Kier alpha value is -1.88. The third-order valence-electron chi connectivity index (χ3n) is 1.90. The van der Waals surface area contributed by atoms with E-state index in [9.17, 15) is 0 Å². The molecule has 0 N–H and O–H groups in total. The molecule has 4 heteroatoms. The molecule has 2 aromatic heterocycles. The first-order chi connectivity index (χ1) is 7.83. The van der Waals surface area contributed by atoms with Gasteiger partial charge in [0.1, 0.15) is 0 Å². The first kappa shape index (κ1) is 10.6. The van der Waals surface area contributed by atoms with Gasteiger partial charge in [0.05, 0.1) is 12.6 Å². The smallest absolute Gasteiger partial charge is 0.227 e. The summed E-state index contributed by atoms with van der Waals surface area (Å²) < 4.78 is 0. The van der Waals surface area contributed by atoms with E-state index in [4.69, 9.17) is 11.8 Å². The molecule has 0 saturated carbocycles. The van der Waals surface area contributed by atoms with Crippen LogP contribution < -0.4 is 0 Å². The van der Waals surface area contributed by atoms with Crippen molar-refractivity contribution in [3.8, 4) is 15.8 Å². The van der Waals surface area contributed by atoms with Crippen molar-refractivity contribution >= 4 is 28.7 Å². The molecule has 0 saturated heterocycles. The number of thiophene rings is 2. The summed E-state index contributed by atoms with van der Waals surface area (Å²) >= 11 is 3.27. The number of hydrogen-bond acceptors (Lipinski definition) is 3. The normalized spacial score (nSPS) is 10.8. The summed E-state index contributed by atoms with van der Waals surface area (Å²) in [7, 11) is 0. The van der Waals surface area contributed by atoms with Gasteiger partial charge in [0.2, 0.25) is 0 Å². The van der Waals surface area contributed by atoms with Crippen LogP contribution in [0.3, 0.4) is 0 Å². The van der Waals surface area contributed by atoms with E-state index in [0.717, 1.165) is 4.88 Å². The van der Waals surface area contributed by atoms with Crippen LogP contribution >= 0.6 is 22.7 Å². The van der Waals surface area contributed by atoms with E-state index in [0.29, 0.717) is 0 Å². The highest BCUT2D eigenvalue weighted by atomic mass is 32.1. The second-order valence-corrected chi connectivity index (χ2v) is 5.00. The highest BCUT2D eigenvalue weighted by Crippen LogP contribution is 2.32. The van der Waals surface area contributed by atoms with Gasteiger partial charge in [-0.2, -0.15) is 0 Å². The summed E-state index contributed by atoms with van der Waals surface area (Å²) in [4.78, 5) is 6.46. The maximum absolute atomic E-state index is 8.65. The summed E-state index contributed by atoms with van der Waals surface area (Å²) in [6.45, 7) is 6.80. The molecule has 2 aromatic rings. The van der Waals surface area contributed by atoms with E-state index in [1.807, 2.05) is 29.6 Å². The molecule has 0 aromatic carbocycles. The lowest BCUT2D eigenvalue weighted by Gasteiger charge is -1.87. The van der Waals surface area contributed by atoms with Crippen LogP contribution in [-0.2, 0) is 0 Å². The van der Waals surface area contributed by atoms with Crippen LogP contribution in [0.1, 0.15) is 4.88 Å².